The fourth-order valence-electron chi connectivity index (χ4n) is 1.86. The van der Waals surface area contributed by atoms with Gasteiger partial charge in [-0.25, -0.2) is 0 Å². The van der Waals surface area contributed by atoms with Crippen molar-refractivity contribution < 1.29 is 19.7 Å². The molecule has 0 bridgehead atoms. The summed E-state index contributed by atoms with van der Waals surface area (Å²) in [6, 6.07) is 4.47. The second-order valence-corrected chi connectivity index (χ2v) is 5.02. The number of aryl methyl sites for hydroxylation is 3. The van der Waals surface area contributed by atoms with Gasteiger partial charge in [0.15, 0.2) is 11.5 Å². The van der Waals surface area contributed by atoms with Crippen LogP contribution in [0.4, 0.5) is 0 Å². The summed E-state index contributed by atoms with van der Waals surface area (Å²) in [7, 11) is 0. The van der Waals surface area contributed by atoms with Crippen molar-refractivity contribution in [2.45, 2.75) is 33.3 Å². The lowest BCUT2D eigenvalue weighted by molar-refractivity contribution is -0.145. The highest BCUT2D eigenvalue weighted by atomic mass is 16.5. The molecule has 0 saturated heterocycles. The van der Waals surface area contributed by atoms with Crippen LogP contribution in [0.3, 0.4) is 0 Å². The quantitative estimate of drug-likeness (QED) is 0.649. The molecule has 0 amide bonds. The van der Waals surface area contributed by atoms with E-state index in [1.807, 2.05) is 13.8 Å². The number of carbonyl (C=O) groups excluding carboxylic acids is 1. The van der Waals surface area contributed by atoms with Crippen LogP contribution >= 0.6 is 0 Å². The van der Waals surface area contributed by atoms with Gasteiger partial charge in [0.05, 0.1) is 23.3 Å². The topological polar surface area (TPSA) is 92.5 Å². The van der Waals surface area contributed by atoms with Crippen molar-refractivity contribution in [3.05, 3.63) is 47.0 Å². The summed E-state index contributed by atoms with van der Waals surface area (Å²) in [5.74, 6) is -0.733. The summed E-state index contributed by atoms with van der Waals surface area (Å²) in [6.07, 6.45) is 2.20. The van der Waals surface area contributed by atoms with Gasteiger partial charge in [-0.1, -0.05) is 6.07 Å². The lowest BCUT2D eigenvalue weighted by atomic mass is 10.1. The molecular formula is C16H18N2O4. The minimum Gasteiger partial charge on any atom is -0.504 e. The third kappa shape index (κ3) is 4.18. The van der Waals surface area contributed by atoms with Gasteiger partial charge in [0, 0.05) is 6.42 Å². The number of ether oxygens (including phenoxy) is 1. The van der Waals surface area contributed by atoms with E-state index >= 15 is 0 Å². The van der Waals surface area contributed by atoms with Crippen molar-refractivity contribution in [1.82, 2.24) is 9.97 Å². The molecule has 1 aromatic heterocycles. The zero-order chi connectivity index (χ0) is 16.1. The highest BCUT2D eigenvalue weighted by Gasteiger charge is 2.07. The molecule has 0 fully saturated rings. The van der Waals surface area contributed by atoms with E-state index in [0.717, 1.165) is 17.0 Å². The second-order valence-electron chi connectivity index (χ2n) is 5.02. The highest BCUT2D eigenvalue weighted by molar-refractivity contribution is 5.69. The summed E-state index contributed by atoms with van der Waals surface area (Å²) in [5, 5.41) is 18.6. The van der Waals surface area contributed by atoms with E-state index in [2.05, 4.69) is 9.97 Å². The largest absolute Gasteiger partial charge is 0.504 e. The molecule has 0 aliphatic carbocycles. The first-order valence-corrected chi connectivity index (χ1v) is 6.91. The van der Waals surface area contributed by atoms with Crippen LogP contribution in [0.1, 0.15) is 29.1 Å². The summed E-state index contributed by atoms with van der Waals surface area (Å²) >= 11 is 0. The van der Waals surface area contributed by atoms with E-state index in [1.54, 1.807) is 12.3 Å². The molecule has 22 heavy (non-hydrogen) atoms. The van der Waals surface area contributed by atoms with Crippen LogP contribution in [0.2, 0.25) is 0 Å². The number of hydrogen-bond donors (Lipinski definition) is 2. The molecule has 6 nitrogen and oxygen atoms in total. The van der Waals surface area contributed by atoms with E-state index in [0.29, 0.717) is 12.1 Å². The lowest BCUT2D eigenvalue weighted by Crippen LogP contribution is -2.08. The van der Waals surface area contributed by atoms with Crippen LogP contribution in [-0.4, -0.2) is 26.2 Å². The van der Waals surface area contributed by atoms with E-state index in [9.17, 15) is 15.0 Å². The van der Waals surface area contributed by atoms with E-state index in [-0.39, 0.29) is 30.5 Å². The van der Waals surface area contributed by atoms with Crippen LogP contribution in [0.25, 0.3) is 0 Å². The normalized spacial score (nSPS) is 10.5. The van der Waals surface area contributed by atoms with Gasteiger partial charge in [-0.2, -0.15) is 0 Å². The van der Waals surface area contributed by atoms with Gasteiger partial charge >= 0.3 is 5.97 Å². The van der Waals surface area contributed by atoms with Gasteiger partial charge in [0.25, 0.3) is 0 Å². The van der Waals surface area contributed by atoms with Gasteiger partial charge in [-0.3, -0.25) is 14.8 Å². The number of nitrogens with zero attached hydrogens (tertiary/aromatic N) is 2. The van der Waals surface area contributed by atoms with Crippen LogP contribution in [0.15, 0.2) is 24.4 Å². The molecule has 0 saturated carbocycles. The molecule has 2 aromatic rings. The van der Waals surface area contributed by atoms with Gasteiger partial charge in [0.2, 0.25) is 0 Å². The number of hydrogen-bond acceptors (Lipinski definition) is 6. The maximum atomic E-state index is 11.7. The predicted molar refractivity (Wildman–Crippen MR) is 79.4 cm³/mol. The average Bonchev–Trinajstić information content (AvgIpc) is 2.49. The number of esters is 1. The van der Waals surface area contributed by atoms with Crippen molar-refractivity contribution in [3.8, 4) is 11.5 Å². The number of aromatic nitrogens is 2. The zero-order valence-corrected chi connectivity index (χ0v) is 12.5. The molecule has 0 spiro atoms. The van der Waals surface area contributed by atoms with Gasteiger partial charge in [0.1, 0.15) is 6.61 Å². The van der Waals surface area contributed by atoms with Crippen molar-refractivity contribution in [3.63, 3.8) is 0 Å². The molecule has 2 rings (SSSR count). The molecule has 1 aromatic carbocycles. The van der Waals surface area contributed by atoms with Crippen molar-refractivity contribution in [2.75, 3.05) is 0 Å². The number of aromatic hydroxyl groups is 2. The molecule has 116 valence electrons. The number of rotatable bonds is 5. The van der Waals surface area contributed by atoms with Gasteiger partial charge in [-0.05, 0) is 38.0 Å². The Bertz CT molecular complexity index is 628. The molecule has 0 aliphatic heterocycles. The van der Waals surface area contributed by atoms with Crippen LogP contribution in [0, 0.1) is 13.8 Å². The first kappa shape index (κ1) is 15.8. The SMILES string of the molecule is Cc1ncc(COC(=O)CCc2ccc(O)c(O)c2)nc1C. The summed E-state index contributed by atoms with van der Waals surface area (Å²) in [5.41, 5.74) is 3.02. The number of benzene rings is 1. The molecule has 6 heteroatoms. The molecule has 0 aliphatic rings. The fourth-order valence-corrected chi connectivity index (χ4v) is 1.86. The van der Waals surface area contributed by atoms with E-state index in [4.69, 9.17) is 4.74 Å². The first-order chi connectivity index (χ1) is 10.5. The fraction of sp³-hybridized carbons (Fsp3) is 0.312. The van der Waals surface area contributed by atoms with Crippen molar-refractivity contribution in [1.29, 1.82) is 0 Å². The maximum Gasteiger partial charge on any atom is 0.306 e. The van der Waals surface area contributed by atoms with Crippen LogP contribution in [0.5, 0.6) is 11.5 Å². The summed E-state index contributed by atoms with van der Waals surface area (Å²) in [4.78, 5) is 20.2. The molecular weight excluding hydrogens is 284 g/mol. The number of carbonyl (C=O) groups is 1. The predicted octanol–water partition coefficient (Wildman–Crippen LogP) is 2.18. The molecule has 1 heterocycles. The standard InChI is InChI=1S/C16H18N2O4/c1-10-11(2)18-13(8-17-10)9-22-16(21)6-4-12-3-5-14(19)15(20)7-12/h3,5,7-8,19-20H,4,6,9H2,1-2H3. The third-order valence-corrected chi connectivity index (χ3v) is 3.28. The smallest absolute Gasteiger partial charge is 0.306 e. The lowest BCUT2D eigenvalue weighted by Gasteiger charge is -2.06. The van der Waals surface area contributed by atoms with E-state index < -0.39 is 0 Å². The number of phenols is 2. The third-order valence-electron chi connectivity index (χ3n) is 3.28. The minimum absolute atomic E-state index is 0.0911. The highest BCUT2D eigenvalue weighted by Crippen LogP contribution is 2.25. The van der Waals surface area contributed by atoms with Crippen LogP contribution in [-0.2, 0) is 22.6 Å². The minimum atomic E-state index is -0.354. The van der Waals surface area contributed by atoms with Crippen LogP contribution < -0.4 is 0 Å². The Morgan fingerprint density at radius 3 is 2.64 bits per heavy atom. The Morgan fingerprint density at radius 2 is 1.95 bits per heavy atom. The Kier molecular flexibility index (Phi) is 4.93. The van der Waals surface area contributed by atoms with Gasteiger partial charge in [-0.15, -0.1) is 0 Å². The summed E-state index contributed by atoms with van der Waals surface area (Å²) < 4.78 is 5.15. The van der Waals surface area contributed by atoms with Crippen molar-refractivity contribution in [2.24, 2.45) is 0 Å². The molecule has 0 unspecified atom stereocenters. The average molecular weight is 302 g/mol. The zero-order valence-electron chi connectivity index (χ0n) is 12.5. The second kappa shape index (κ2) is 6.89. The van der Waals surface area contributed by atoms with E-state index in [1.165, 1.54) is 12.1 Å². The Labute approximate surface area is 128 Å². The molecule has 0 atom stereocenters. The first-order valence-electron chi connectivity index (χ1n) is 6.91. The molecule has 0 radical (unpaired) electrons. The van der Waals surface area contributed by atoms with Gasteiger partial charge < -0.3 is 14.9 Å². The molecule has 2 N–H and O–H groups in total. The Balaban J connectivity index is 1.82. The monoisotopic (exact) mass is 302 g/mol. The maximum absolute atomic E-state index is 11.7. The van der Waals surface area contributed by atoms with Crippen molar-refractivity contribution >= 4 is 5.97 Å². The Morgan fingerprint density at radius 1 is 1.18 bits per heavy atom. The Hall–Kier alpha value is -2.63. The summed E-state index contributed by atoms with van der Waals surface area (Å²) in [6.45, 7) is 3.81. The number of phenolic OH excluding ortho intramolecular Hbond substituents is 2.